The molecule has 2 N–H and O–H groups in total. The van der Waals surface area contributed by atoms with Crippen LogP contribution in [0.1, 0.15) is 6.42 Å². The Morgan fingerprint density at radius 2 is 1.23 bits per heavy atom. The minimum absolute atomic E-state index is 0.368. The minimum Gasteiger partial charge on any atom is -0.460 e. The molecule has 0 aliphatic rings. The van der Waals surface area contributed by atoms with Gasteiger partial charge in [0.05, 0.1) is 11.9 Å². The van der Waals surface area contributed by atoms with Crippen LogP contribution in [0.25, 0.3) is 0 Å². The molecule has 208 valence electrons. The maximum atomic E-state index is 13.4. The van der Waals surface area contributed by atoms with Gasteiger partial charge in [-0.1, -0.05) is 12.7 Å². The molecule has 20 heteroatoms. The van der Waals surface area contributed by atoms with E-state index in [-0.39, 0.29) is 5.75 Å². The number of aliphatic hydroxyl groups excluding tert-OH is 1. The number of carbonyl (C=O) groups excluding carboxylic acids is 1. The highest BCUT2D eigenvalue weighted by Gasteiger charge is 2.90. The quantitative estimate of drug-likeness (QED) is 0.127. The monoisotopic (exact) mass is 570 g/mol. The second kappa shape index (κ2) is 11.3. The van der Waals surface area contributed by atoms with Crippen LogP contribution < -0.4 is 0 Å². The highest BCUT2D eigenvalue weighted by molar-refractivity contribution is 7.85. The largest absolute Gasteiger partial charge is 0.460 e. The molecule has 1 unspecified atom stereocenters. The zero-order valence-electron chi connectivity index (χ0n) is 16.6. The van der Waals surface area contributed by atoms with Gasteiger partial charge in [-0.25, -0.2) is 4.79 Å². The molecule has 0 bridgehead atoms. The molecule has 0 aliphatic carbocycles. The predicted octanol–water partition coefficient (Wildman–Crippen LogP) is 4.27. The van der Waals surface area contributed by atoms with Crippen molar-refractivity contribution >= 4 is 16.1 Å². The SMILES string of the molecule is C=CC(=O)OCC(O)CC(F)(F)C(F)(F)C(F)(F)C(F)(F)C(F)(F)C(F)(F)F.C=CCS(=O)(=O)O. The van der Waals surface area contributed by atoms with Crippen molar-refractivity contribution in [2.75, 3.05) is 12.4 Å². The van der Waals surface area contributed by atoms with E-state index in [1.807, 2.05) is 0 Å². The first-order valence-corrected chi connectivity index (χ1v) is 9.76. The van der Waals surface area contributed by atoms with Crippen molar-refractivity contribution in [1.82, 2.24) is 0 Å². The van der Waals surface area contributed by atoms with E-state index in [0.717, 1.165) is 6.08 Å². The second-order valence-electron chi connectivity index (χ2n) is 6.23. The second-order valence-corrected chi connectivity index (χ2v) is 7.73. The number of hydrogen-bond acceptors (Lipinski definition) is 5. The van der Waals surface area contributed by atoms with Crippen molar-refractivity contribution in [3.8, 4) is 0 Å². The molecule has 6 nitrogen and oxygen atoms in total. The Morgan fingerprint density at radius 3 is 1.51 bits per heavy atom. The lowest BCUT2D eigenvalue weighted by Gasteiger charge is -2.40. The lowest BCUT2D eigenvalue weighted by Crippen LogP contribution is -2.70. The average molecular weight is 570 g/mol. The van der Waals surface area contributed by atoms with Gasteiger partial charge in [0.15, 0.2) is 0 Å². The van der Waals surface area contributed by atoms with Gasteiger partial charge in [-0.15, -0.1) is 6.58 Å². The van der Waals surface area contributed by atoms with Crippen molar-refractivity contribution in [2.45, 2.75) is 48.3 Å². The molecule has 0 amide bonds. The van der Waals surface area contributed by atoms with Crippen LogP contribution in [-0.2, 0) is 19.6 Å². The summed E-state index contributed by atoms with van der Waals surface area (Å²) < 4.78 is 198. The molecule has 0 aromatic carbocycles. The van der Waals surface area contributed by atoms with Gasteiger partial charge in [0, 0.05) is 12.5 Å². The van der Waals surface area contributed by atoms with Gasteiger partial charge in [0.2, 0.25) is 0 Å². The average Bonchev–Trinajstić information content (AvgIpc) is 2.63. The fraction of sp³-hybridized carbons (Fsp3) is 0.667. The Morgan fingerprint density at radius 1 is 0.829 bits per heavy atom. The van der Waals surface area contributed by atoms with Gasteiger partial charge >= 0.3 is 41.8 Å². The van der Waals surface area contributed by atoms with Crippen LogP contribution in [0, 0.1) is 0 Å². The summed E-state index contributed by atoms with van der Waals surface area (Å²) >= 11 is 0. The summed E-state index contributed by atoms with van der Waals surface area (Å²) in [5, 5.41) is 8.96. The van der Waals surface area contributed by atoms with Crippen LogP contribution >= 0.6 is 0 Å². The molecule has 0 fully saturated rings. The molecule has 0 heterocycles. The number of alkyl halides is 13. The lowest BCUT2D eigenvalue weighted by atomic mass is 9.91. The van der Waals surface area contributed by atoms with E-state index in [4.69, 9.17) is 9.66 Å². The first-order chi connectivity index (χ1) is 15.2. The molecule has 0 saturated heterocycles. The Balaban J connectivity index is 0. The standard InChI is InChI=1S/C12H9F13O3.C3H6O3S/c1-2-6(27)28-4-5(26)3-7(13,14)8(15,16)9(17,18)10(19,20)11(21,22)12(23,24)25;1-2-3-7(4,5)6/h2,5,26H,1,3-4H2;2H,1,3H2,(H,4,5,6). The summed E-state index contributed by atoms with van der Waals surface area (Å²) in [4.78, 5) is 10.6. The van der Waals surface area contributed by atoms with Gasteiger partial charge in [-0.3, -0.25) is 4.55 Å². The van der Waals surface area contributed by atoms with E-state index in [1.54, 1.807) is 0 Å². The molecule has 0 radical (unpaired) electrons. The molecule has 1 atom stereocenters. The van der Waals surface area contributed by atoms with E-state index in [9.17, 15) is 70.3 Å². The zero-order valence-corrected chi connectivity index (χ0v) is 17.4. The number of ether oxygens (including phenoxy) is 1. The minimum atomic E-state index is -8.01. The van der Waals surface area contributed by atoms with Gasteiger partial charge in [0.25, 0.3) is 10.1 Å². The zero-order chi connectivity index (χ0) is 28.9. The van der Waals surface area contributed by atoms with E-state index in [1.165, 1.54) is 0 Å². The topological polar surface area (TPSA) is 101 Å². The van der Waals surface area contributed by atoms with E-state index in [0.29, 0.717) is 6.08 Å². The van der Waals surface area contributed by atoms with Crippen LogP contribution in [0.15, 0.2) is 25.3 Å². The summed E-state index contributed by atoms with van der Waals surface area (Å²) in [6.07, 6.45) is -11.8. The fourth-order valence-electron chi connectivity index (χ4n) is 1.67. The van der Waals surface area contributed by atoms with Crippen molar-refractivity contribution in [3.63, 3.8) is 0 Å². The Labute approximate surface area is 187 Å². The first kappa shape index (κ1) is 35.1. The summed E-state index contributed by atoms with van der Waals surface area (Å²) in [5.41, 5.74) is 0. The van der Waals surface area contributed by atoms with Crippen molar-refractivity contribution < 1.29 is 84.7 Å². The highest BCUT2D eigenvalue weighted by Crippen LogP contribution is 2.60. The van der Waals surface area contributed by atoms with Gasteiger partial charge < -0.3 is 9.84 Å². The number of hydrogen-bond donors (Lipinski definition) is 2. The lowest BCUT2D eigenvalue weighted by molar-refractivity contribution is -0.440. The van der Waals surface area contributed by atoms with Crippen LogP contribution in [0.2, 0.25) is 0 Å². The van der Waals surface area contributed by atoms with Gasteiger partial charge in [0.1, 0.15) is 6.61 Å². The number of carbonyl (C=O) groups is 1. The number of halogens is 13. The van der Waals surface area contributed by atoms with E-state index < -0.39 is 71.0 Å². The Kier molecular flexibility index (Phi) is 11.3. The number of rotatable bonds is 11. The first-order valence-electron chi connectivity index (χ1n) is 8.15. The number of esters is 1. The van der Waals surface area contributed by atoms with Crippen LogP contribution in [-0.4, -0.2) is 78.3 Å². The van der Waals surface area contributed by atoms with Crippen molar-refractivity contribution in [3.05, 3.63) is 25.3 Å². The predicted molar refractivity (Wildman–Crippen MR) is 89.2 cm³/mol. The van der Waals surface area contributed by atoms with E-state index >= 15 is 0 Å². The van der Waals surface area contributed by atoms with Crippen molar-refractivity contribution in [1.29, 1.82) is 0 Å². The van der Waals surface area contributed by atoms with Crippen LogP contribution in [0.5, 0.6) is 0 Å². The van der Waals surface area contributed by atoms with Crippen molar-refractivity contribution in [2.24, 2.45) is 0 Å². The maximum absolute atomic E-state index is 13.4. The smallest absolute Gasteiger partial charge is 0.460 e. The molecule has 0 aliphatic heterocycles. The molecule has 0 aromatic rings. The number of aliphatic hydroxyl groups is 1. The molecule has 0 saturated carbocycles. The van der Waals surface area contributed by atoms with Crippen LogP contribution in [0.4, 0.5) is 57.1 Å². The molecular formula is C15H15F13O6S. The Hall–Kier alpha value is -2.09. The third-order valence-corrected chi connectivity index (χ3v) is 4.06. The fourth-order valence-corrected chi connectivity index (χ4v) is 1.97. The molecule has 0 rings (SSSR count). The maximum Gasteiger partial charge on any atom is 0.460 e. The third kappa shape index (κ3) is 8.23. The molecule has 0 aromatic heterocycles. The summed E-state index contributed by atoms with van der Waals surface area (Å²) in [6.45, 7) is 4.32. The Bertz CT molecular complexity index is 852. The summed E-state index contributed by atoms with van der Waals surface area (Å²) in [6, 6.07) is 0. The van der Waals surface area contributed by atoms with Crippen LogP contribution in [0.3, 0.4) is 0 Å². The molecule has 0 spiro atoms. The van der Waals surface area contributed by atoms with Gasteiger partial charge in [-0.05, 0) is 0 Å². The normalized spacial score (nSPS) is 14.9. The molecular weight excluding hydrogens is 555 g/mol. The third-order valence-electron chi connectivity index (χ3n) is 3.40. The summed E-state index contributed by atoms with van der Waals surface area (Å²) in [5.74, 6) is -39.5. The summed E-state index contributed by atoms with van der Waals surface area (Å²) in [7, 11) is -3.79. The molecule has 35 heavy (non-hydrogen) atoms. The van der Waals surface area contributed by atoms with Gasteiger partial charge in [-0.2, -0.15) is 65.5 Å². The highest BCUT2D eigenvalue weighted by atomic mass is 32.2. The van der Waals surface area contributed by atoms with E-state index in [2.05, 4.69) is 17.9 Å².